The second-order valence-electron chi connectivity index (χ2n) is 7.99. The molecule has 8 heteroatoms. The first-order valence-electron chi connectivity index (χ1n) is 11.0. The van der Waals surface area contributed by atoms with E-state index in [4.69, 9.17) is 0 Å². The molecule has 2 aromatic carbocycles. The first kappa shape index (κ1) is 22.8. The number of amides is 2. The number of nitro benzene ring substituents is 1. The molecule has 0 spiro atoms. The largest absolute Gasteiger partial charge is 0.366 e. The molecule has 1 aliphatic rings. The van der Waals surface area contributed by atoms with Gasteiger partial charge in [0, 0.05) is 37.6 Å². The molecular formula is C26H24N4O4. The number of nitrogens with zero attached hydrogens (tertiary/aromatic N) is 4. The lowest BCUT2D eigenvalue weighted by molar-refractivity contribution is -0.384. The number of anilines is 1. The molecule has 0 fully saturated rings. The molecule has 172 valence electrons. The standard InChI is InChI=1S/C26H24N4O4/c1-3-28(17-14-19-12-15-27-16-13-19)24-23(20-6-10-22(11-7-20)30(33)34)25(31)29(26(24)32)21-8-4-18(2)5-9-21/h4-13,15-16H,3,14,17H2,1-2H3. The summed E-state index contributed by atoms with van der Waals surface area (Å²) >= 11 is 0. The van der Waals surface area contributed by atoms with Crippen LogP contribution in [-0.4, -0.2) is 39.7 Å². The van der Waals surface area contributed by atoms with Crippen LogP contribution in [0.1, 0.15) is 23.6 Å². The van der Waals surface area contributed by atoms with Gasteiger partial charge in [-0.25, -0.2) is 4.90 Å². The number of aryl methyl sites for hydroxylation is 1. The van der Waals surface area contributed by atoms with E-state index in [9.17, 15) is 19.7 Å². The van der Waals surface area contributed by atoms with Crippen LogP contribution in [0.4, 0.5) is 11.4 Å². The van der Waals surface area contributed by atoms with Crippen LogP contribution >= 0.6 is 0 Å². The van der Waals surface area contributed by atoms with Crippen LogP contribution in [0.5, 0.6) is 0 Å². The fourth-order valence-electron chi connectivity index (χ4n) is 3.99. The van der Waals surface area contributed by atoms with Gasteiger partial charge in [-0.05, 0) is 67.8 Å². The van der Waals surface area contributed by atoms with Crippen molar-refractivity contribution in [3.05, 3.63) is 106 Å². The van der Waals surface area contributed by atoms with E-state index in [1.165, 1.54) is 29.2 Å². The van der Waals surface area contributed by atoms with E-state index in [1.807, 2.05) is 43.0 Å². The average Bonchev–Trinajstić information content (AvgIpc) is 3.11. The summed E-state index contributed by atoms with van der Waals surface area (Å²) in [4.78, 5) is 45.0. The Labute approximate surface area is 197 Å². The number of pyridine rings is 1. The SMILES string of the molecule is CCN(CCc1ccncc1)C1=C(c2ccc([N+](=O)[O-])cc2)C(=O)N(c2ccc(C)cc2)C1=O. The highest BCUT2D eigenvalue weighted by atomic mass is 16.6. The van der Waals surface area contributed by atoms with Gasteiger partial charge in [0.2, 0.25) is 0 Å². The Hall–Kier alpha value is -4.33. The van der Waals surface area contributed by atoms with Gasteiger partial charge in [0.15, 0.2) is 0 Å². The number of rotatable bonds is 8. The van der Waals surface area contributed by atoms with Crippen LogP contribution in [0.25, 0.3) is 5.57 Å². The van der Waals surface area contributed by atoms with Crippen molar-refractivity contribution in [1.82, 2.24) is 9.88 Å². The Morgan fingerprint density at radius 3 is 2.18 bits per heavy atom. The zero-order valence-electron chi connectivity index (χ0n) is 19.0. The fourth-order valence-corrected chi connectivity index (χ4v) is 3.99. The van der Waals surface area contributed by atoms with Gasteiger partial charge in [0.05, 0.1) is 16.2 Å². The number of benzene rings is 2. The molecule has 2 heterocycles. The molecule has 0 unspecified atom stereocenters. The zero-order chi connectivity index (χ0) is 24.2. The summed E-state index contributed by atoms with van der Waals surface area (Å²) in [7, 11) is 0. The lowest BCUT2D eigenvalue weighted by atomic mass is 10.0. The molecule has 0 N–H and O–H groups in total. The van der Waals surface area contributed by atoms with Crippen LogP contribution in [0.3, 0.4) is 0 Å². The Morgan fingerprint density at radius 2 is 1.59 bits per heavy atom. The Bertz CT molecular complexity index is 1250. The predicted octanol–water partition coefficient (Wildman–Crippen LogP) is 4.15. The lowest BCUT2D eigenvalue weighted by Crippen LogP contribution is -2.36. The van der Waals surface area contributed by atoms with Crippen molar-refractivity contribution in [3.63, 3.8) is 0 Å². The molecule has 0 saturated heterocycles. The summed E-state index contributed by atoms with van der Waals surface area (Å²) in [5.41, 5.74) is 3.50. The number of aromatic nitrogens is 1. The van der Waals surface area contributed by atoms with Crippen LogP contribution in [-0.2, 0) is 16.0 Å². The van der Waals surface area contributed by atoms with Gasteiger partial charge >= 0.3 is 0 Å². The van der Waals surface area contributed by atoms with Crippen LogP contribution in [0.15, 0.2) is 78.8 Å². The highest BCUT2D eigenvalue weighted by Gasteiger charge is 2.42. The highest BCUT2D eigenvalue weighted by molar-refractivity contribution is 6.45. The number of carbonyl (C=O) groups excluding carboxylic acids is 2. The Kier molecular flexibility index (Phi) is 6.49. The summed E-state index contributed by atoms with van der Waals surface area (Å²) in [5.74, 6) is -0.848. The maximum absolute atomic E-state index is 13.7. The molecule has 2 amide bonds. The summed E-state index contributed by atoms with van der Waals surface area (Å²) in [6, 6.07) is 16.8. The molecule has 1 aromatic heterocycles. The van der Waals surface area contributed by atoms with Crippen LogP contribution in [0.2, 0.25) is 0 Å². The van der Waals surface area contributed by atoms with E-state index in [0.717, 1.165) is 11.1 Å². The van der Waals surface area contributed by atoms with Gasteiger partial charge in [0.25, 0.3) is 17.5 Å². The lowest BCUT2D eigenvalue weighted by Gasteiger charge is -2.25. The summed E-state index contributed by atoms with van der Waals surface area (Å²) in [5, 5.41) is 11.1. The molecule has 1 aliphatic heterocycles. The van der Waals surface area contributed by atoms with Gasteiger partial charge in [-0.15, -0.1) is 0 Å². The third-order valence-electron chi connectivity index (χ3n) is 5.84. The van der Waals surface area contributed by atoms with Crippen molar-refractivity contribution in [1.29, 1.82) is 0 Å². The molecule has 4 rings (SSSR count). The van der Waals surface area contributed by atoms with Gasteiger partial charge in [0.1, 0.15) is 5.70 Å². The van der Waals surface area contributed by atoms with Crippen molar-refractivity contribution in [2.45, 2.75) is 20.3 Å². The predicted molar refractivity (Wildman–Crippen MR) is 129 cm³/mol. The number of non-ortho nitro benzene ring substituents is 1. The first-order valence-corrected chi connectivity index (χ1v) is 11.0. The average molecular weight is 457 g/mol. The molecule has 0 atom stereocenters. The summed E-state index contributed by atoms with van der Waals surface area (Å²) in [6.07, 6.45) is 4.10. The zero-order valence-corrected chi connectivity index (χ0v) is 19.0. The topological polar surface area (TPSA) is 96.7 Å². The highest BCUT2D eigenvalue weighted by Crippen LogP contribution is 2.35. The minimum absolute atomic E-state index is 0.0805. The maximum atomic E-state index is 13.7. The number of nitro groups is 1. The van der Waals surface area contributed by atoms with E-state index in [1.54, 1.807) is 24.5 Å². The molecule has 8 nitrogen and oxygen atoms in total. The number of likely N-dealkylation sites (N-methyl/N-ethyl adjacent to an activating group) is 1. The van der Waals surface area contributed by atoms with Crippen molar-refractivity contribution >= 4 is 28.8 Å². The fraction of sp³-hybridized carbons (Fsp3) is 0.192. The Morgan fingerprint density at radius 1 is 0.941 bits per heavy atom. The summed E-state index contributed by atoms with van der Waals surface area (Å²) < 4.78 is 0. The van der Waals surface area contributed by atoms with E-state index in [-0.39, 0.29) is 11.3 Å². The molecular weight excluding hydrogens is 432 g/mol. The van der Waals surface area contributed by atoms with Crippen molar-refractivity contribution < 1.29 is 14.5 Å². The molecule has 0 radical (unpaired) electrons. The van der Waals surface area contributed by atoms with Crippen LogP contribution in [0, 0.1) is 17.0 Å². The number of carbonyl (C=O) groups is 2. The van der Waals surface area contributed by atoms with E-state index in [0.29, 0.717) is 36.5 Å². The number of hydrogen-bond acceptors (Lipinski definition) is 6. The minimum atomic E-state index is -0.494. The van der Waals surface area contributed by atoms with E-state index in [2.05, 4.69) is 4.98 Å². The second kappa shape index (κ2) is 9.66. The molecule has 34 heavy (non-hydrogen) atoms. The van der Waals surface area contributed by atoms with Crippen molar-refractivity contribution in [2.24, 2.45) is 0 Å². The monoisotopic (exact) mass is 456 g/mol. The number of hydrogen-bond donors (Lipinski definition) is 0. The van der Waals surface area contributed by atoms with Crippen molar-refractivity contribution in [3.8, 4) is 0 Å². The third-order valence-corrected chi connectivity index (χ3v) is 5.84. The molecule has 0 bridgehead atoms. The molecule has 0 saturated carbocycles. The van der Waals surface area contributed by atoms with Gasteiger partial charge in [-0.1, -0.05) is 17.7 Å². The number of imide groups is 1. The van der Waals surface area contributed by atoms with E-state index < -0.39 is 16.7 Å². The second-order valence-corrected chi connectivity index (χ2v) is 7.99. The van der Waals surface area contributed by atoms with Crippen molar-refractivity contribution in [2.75, 3.05) is 18.0 Å². The maximum Gasteiger partial charge on any atom is 0.282 e. The van der Waals surface area contributed by atoms with Crippen LogP contribution < -0.4 is 4.90 Å². The minimum Gasteiger partial charge on any atom is -0.366 e. The normalized spacial score (nSPS) is 13.5. The Balaban J connectivity index is 1.76. The third kappa shape index (κ3) is 4.43. The molecule has 0 aliphatic carbocycles. The molecule has 3 aromatic rings. The van der Waals surface area contributed by atoms with Gasteiger partial charge in [-0.2, -0.15) is 0 Å². The quantitative estimate of drug-likeness (QED) is 0.287. The van der Waals surface area contributed by atoms with E-state index >= 15 is 0 Å². The summed E-state index contributed by atoms with van der Waals surface area (Å²) in [6.45, 7) is 4.89. The van der Waals surface area contributed by atoms with Gasteiger partial charge < -0.3 is 4.90 Å². The smallest absolute Gasteiger partial charge is 0.282 e. The first-order chi connectivity index (χ1) is 16.4. The van der Waals surface area contributed by atoms with Gasteiger partial charge in [-0.3, -0.25) is 24.7 Å².